The number of aromatic nitrogens is 1. The van der Waals surface area contributed by atoms with Gasteiger partial charge in [-0.05, 0) is 18.5 Å². The summed E-state index contributed by atoms with van der Waals surface area (Å²) in [7, 11) is 0. The van der Waals surface area contributed by atoms with E-state index >= 15 is 0 Å². The highest BCUT2D eigenvalue weighted by atomic mass is 19.1. The van der Waals surface area contributed by atoms with Crippen LogP contribution in [0.25, 0.3) is 0 Å². The lowest BCUT2D eigenvalue weighted by molar-refractivity contribution is 0.168. The van der Waals surface area contributed by atoms with E-state index < -0.39 is 11.9 Å². The van der Waals surface area contributed by atoms with Gasteiger partial charge in [-0.15, -0.1) is 0 Å². The summed E-state index contributed by atoms with van der Waals surface area (Å²) in [5.41, 5.74) is 0.293. The number of hydrogen-bond donors (Lipinski definition) is 2. The highest BCUT2D eigenvalue weighted by Gasteiger charge is 2.11. The molecule has 0 radical (unpaired) electrons. The van der Waals surface area contributed by atoms with E-state index in [1.54, 1.807) is 0 Å². The fraction of sp³-hybridized carbons (Fsp3) is 0.545. The van der Waals surface area contributed by atoms with Crippen LogP contribution in [0.3, 0.4) is 0 Å². The molecule has 84 valence electrons. The van der Waals surface area contributed by atoms with Crippen molar-refractivity contribution in [1.29, 1.82) is 0 Å². The summed E-state index contributed by atoms with van der Waals surface area (Å²) in [6.45, 7) is 5.32. The number of halogens is 1. The largest absolute Gasteiger partial charge is 0.387 e. The lowest BCUT2D eigenvalue weighted by Crippen LogP contribution is -2.25. The normalized spacial score (nSPS) is 13.1. The minimum Gasteiger partial charge on any atom is -0.387 e. The number of pyridine rings is 1. The van der Waals surface area contributed by atoms with E-state index in [-0.39, 0.29) is 0 Å². The second kappa shape index (κ2) is 5.78. The molecular weight excluding hydrogens is 195 g/mol. The van der Waals surface area contributed by atoms with E-state index in [0.717, 1.165) is 12.7 Å². The molecule has 15 heavy (non-hydrogen) atoms. The van der Waals surface area contributed by atoms with Crippen LogP contribution in [0.5, 0.6) is 0 Å². The Morgan fingerprint density at radius 3 is 2.80 bits per heavy atom. The van der Waals surface area contributed by atoms with Gasteiger partial charge in [0, 0.05) is 18.3 Å². The number of aliphatic hydroxyl groups is 1. The molecule has 1 rings (SSSR count). The molecule has 1 aromatic heterocycles. The molecule has 0 spiro atoms. The van der Waals surface area contributed by atoms with Crippen molar-refractivity contribution in [3.05, 3.63) is 29.8 Å². The highest BCUT2D eigenvalue weighted by Crippen LogP contribution is 2.14. The van der Waals surface area contributed by atoms with E-state index in [9.17, 15) is 9.50 Å². The number of rotatable bonds is 5. The molecule has 0 aromatic carbocycles. The first-order chi connectivity index (χ1) is 7.11. The Hall–Kier alpha value is -1.00. The third kappa shape index (κ3) is 3.93. The van der Waals surface area contributed by atoms with E-state index in [0.29, 0.717) is 18.0 Å². The van der Waals surface area contributed by atoms with Gasteiger partial charge in [0.25, 0.3) is 0 Å². The van der Waals surface area contributed by atoms with Crippen molar-refractivity contribution in [3.63, 3.8) is 0 Å². The van der Waals surface area contributed by atoms with Crippen molar-refractivity contribution < 1.29 is 9.50 Å². The van der Waals surface area contributed by atoms with Crippen LogP contribution >= 0.6 is 0 Å². The Kier molecular flexibility index (Phi) is 4.65. The van der Waals surface area contributed by atoms with Crippen LogP contribution in [-0.4, -0.2) is 23.2 Å². The lowest BCUT2D eigenvalue weighted by atomic mass is 10.1. The van der Waals surface area contributed by atoms with Gasteiger partial charge in [0.2, 0.25) is 0 Å². The van der Waals surface area contributed by atoms with E-state index in [1.807, 2.05) is 0 Å². The fourth-order valence-electron chi connectivity index (χ4n) is 1.27. The Morgan fingerprint density at radius 1 is 1.47 bits per heavy atom. The molecule has 0 saturated carbocycles. The SMILES string of the molecule is CC(C)CNCC(O)c1ccncc1F. The molecule has 1 aromatic rings. The van der Waals surface area contributed by atoms with Gasteiger partial charge >= 0.3 is 0 Å². The Balaban J connectivity index is 2.47. The lowest BCUT2D eigenvalue weighted by Gasteiger charge is -2.13. The topological polar surface area (TPSA) is 45.1 Å². The van der Waals surface area contributed by atoms with E-state index in [1.165, 1.54) is 12.3 Å². The summed E-state index contributed by atoms with van der Waals surface area (Å²) in [5.74, 6) is 0.0517. The van der Waals surface area contributed by atoms with Crippen molar-refractivity contribution in [2.75, 3.05) is 13.1 Å². The average molecular weight is 212 g/mol. The van der Waals surface area contributed by atoms with Gasteiger partial charge in [-0.1, -0.05) is 13.8 Å². The molecule has 4 heteroatoms. The summed E-state index contributed by atoms with van der Waals surface area (Å²) < 4.78 is 13.2. The van der Waals surface area contributed by atoms with Crippen molar-refractivity contribution in [2.24, 2.45) is 5.92 Å². The molecule has 0 aliphatic carbocycles. The maximum Gasteiger partial charge on any atom is 0.147 e. The molecule has 0 aliphatic rings. The van der Waals surface area contributed by atoms with Crippen molar-refractivity contribution in [3.8, 4) is 0 Å². The molecular formula is C11H17FN2O. The summed E-state index contributed by atoms with van der Waals surface area (Å²) in [5, 5.41) is 12.8. The van der Waals surface area contributed by atoms with Crippen LogP contribution < -0.4 is 5.32 Å². The predicted molar refractivity (Wildman–Crippen MR) is 56.9 cm³/mol. The first-order valence-electron chi connectivity index (χ1n) is 5.09. The zero-order valence-corrected chi connectivity index (χ0v) is 9.07. The summed E-state index contributed by atoms with van der Waals surface area (Å²) in [6, 6.07) is 1.50. The summed E-state index contributed by atoms with van der Waals surface area (Å²) in [6.07, 6.45) is 1.78. The number of nitrogens with zero attached hydrogens (tertiary/aromatic N) is 1. The molecule has 1 atom stereocenters. The van der Waals surface area contributed by atoms with Crippen molar-refractivity contribution >= 4 is 0 Å². The van der Waals surface area contributed by atoms with Crippen LogP contribution in [0.4, 0.5) is 4.39 Å². The van der Waals surface area contributed by atoms with Crippen LogP contribution in [0.1, 0.15) is 25.5 Å². The molecule has 0 saturated heterocycles. The summed E-state index contributed by atoms with van der Waals surface area (Å²) in [4.78, 5) is 3.63. The monoisotopic (exact) mass is 212 g/mol. The molecule has 0 bridgehead atoms. The molecule has 0 fully saturated rings. The molecule has 3 nitrogen and oxygen atoms in total. The molecule has 1 heterocycles. The minimum absolute atomic E-state index is 0.293. The number of hydrogen-bond acceptors (Lipinski definition) is 3. The van der Waals surface area contributed by atoms with E-state index in [4.69, 9.17) is 0 Å². The fourth-order valence-corrected chi connectivity index (χ4v) is 1.27. The zero-order chi connectivity index (χ0) is 11.3. The zero-order valence-electron chi connectivity index (χ0n) is 9.07. The van der Waals surface area contributed by atoms with Crippen LogP contribution in [0, 0.1) is 11.7 Å². The summed E-state index contributed by atoms with van der Waals surface area (Å²) >= 11 is 0. The Bertz CT molecular complexity index is 304. The van der Waals surface area contributed by atoms with Crippen LogP contribution in [0.2, 0.25) is 0 Å². The third-order valence-electron chi connectivity index (χ3n) is 2.05. The van der Waals surface area contributed by atoms with Gasteiger partial charge in [0.05, 0.1) is 12.3 Å². The first-order valence-corrected chi connectivity index (χ1v) is 5.09. The second-order valence-electron chi connectivity index (χ2n) is 3.97. The Labute approximate surface area is 89.4 Å². The third-order valence-corrected chi connectivity index (χ3v) is 2.05. The van der Waals surface area contributed by atoms with Crippen molar-refractivity contribution in [1.82, 2.24) is 10.3 Å². The maximum atomic E-state index is 13.2. The van der Waals surface area contributed by atoms with Gasteiger partial charge in [-0.2, -0.15) is 0 Å². The van der Waals surface area contributed by atoms with Gasteiger partial charge in [0.15, 0.2) is 0 Å². The molecule has 0 aliphatic heterocycles. The van der Waals surface area contributed by atoms with E-state index in [2.05, 4.69) is 24.1 Å². The van der Waals surface area contributed by atoms with Gasteiger partial charge < -0.3 is 10.4 Å². The molecule has 0 amide bonds. The van der Waals surface area contributed by atoms with Crippen LogP contribution in [-0.2, 0) is 0 Å². The Morgan fingerprint density at radius 2 is 2.20 bits per heavy atom. The standard InChI is InChI=1S/C11H17FN2O/c1-8(2)5-14-7-11(15)9-3-4-13-6-10(9)12/h3-4,6,8,11,14-15H,5,7H2,1-2H3. The maximum absolute atomic E-state index is 13.2. The van der Waals surface area contributed by atoms with Gasteiger partial charge in [-0.25, -0.2) is 4.39 Å². The molecule has 1 unspecified atom stereocenters. The minimum atomic E-state index is -0.813. The van der Waals surface area contributed by atoms with Crippen molar-refractivity contribution in [2.45, 2.75) is 20.0 Å². The second-order valence-corrected chi connectivity index (χ2v) is 3.97. The van der Waals surface area contributed by atoms with Crippen LogP contribution in [0.15, 0.2) is 18.5 Å². The predicted octanol–water partition coefficient (Wildman–Crippen LogP) is 1.50. The van der Waals surface area contributed by atoms with Gasteiger partial charge in [-0.3, -0.25) is 4.98 Å². The van der Waals surface area contributed by atoms with Gasteiger partial charge in [0.1, 0.15) is 5.82 Å². The first kappa shape index (κ1) is 12.1. The number of nitrogens with one attached hydrogen (secondary N) is 1. The highest BCUT2D eigenvalue weighted by molar-refractivity contribution is 5.15. The number of aliphatic hydroxyl groups excluding tert-OH is 1. The smallest absolute Gasteiger partial charge is 0.147 e. The average Bonchev–Trinajstić information content (AvgIpc) is 2.17. The molecule has 2 N–H and O–H groups in total. The quantitative estimate of drug-likeness (QED) is 0.777.